The maximum atomic E-state index is 3.04. The molecule has 1 rings (SSSR count). The standard InChI is InChI=1S/C12H17N.6CH3.2Sn/c1-8(2)10-6-5-7-11(9(3)4)12(10)13;;;;;;;;/h5-9H,1-4H3;6*1H3;;. The van der Waals surface area contributed by atoms with E-state index in [-0.39, 0.29) is 0 Å². The fraction of sp³-hybridized carbons (Fsp3) is 0.667. The summed E-state index contributed by atoms with van der Waals surface area (Å²) in [6, 6.07) is 7.00. The molecule has 0 spiro atoms. The van der Waals surface area contributed by atoms with Gasteiger partial charge in [0.1, 0.15) is 0 Å². The second kappa shape index (κ2) is 7.02. The van der Waals surface area contributed by atoms with E-state index in [1.165, 1.54) is 0 Å². The predicted octanol–water partition coefficient (Wildman–Crippen LogP) is 6.41. The third-order valence-electron chi connectivity index (χ3n) is 3.91. The van der Waals surface area contributed by atoms with E-state index in [9.17, 15) is 0 Å². The topological polar surface area (TPSA) is 3.24 Å². The van der Waals surface area contributed by atoms with Gasteiger partial charge in [0.2, 0.25) is 0 Å². The summed E-state index contributed by atoms with van der Waals surface area (Å²) in [5.41, 5.74) is 4.77. The molecule has 0 bridgehead atoms. The van der Waals surface area contributed by atoms with Gasteiger partial charge in [-0.1, -0.05) is 0 Å². The zero-order chi connectivity index (χ0) is 16.6. The summed E-state index contributed by atoms with van der Waals surface area (Å²) in [4.78, 5) is 15.5. The van der Waals surface area contributed by atoms with Crippen LogP contribution >= 0.6 is 0 Å². The van der Waals surface area contributed by atoms with Crippen molar-refractivity contribution in [1.82, 2.24) is 0 Å². The molecule has 1 nitrogen and oxygen atoms in total. The summed E-state index contributed by atoms with van der Waals surface area (Å²) >= 11 is -4.39. The summed E-state index contributed by atoms with van der Waals surface area (Å²) in [7, 11) is 0. The van der Waals surface area contributed by atoms with Crippen molar-refractivity contribution in [2.45, 2.75) is 69.2 Å². The van der Waals surface area contributed by atoms with Crippen LogP contribution in [0, 0.1) is 0 Å². The minimum absolute atomic E-state index is 0.600. The van der Waals surface area contributed by atoms with E-state index in [1.54, 1.807) is 16.8 Å². The third kappa shape index (κ3) is 4.79. The maximum absolute atomic E-state index is 3.04. The van der Waals surface area contributed by atoms with Gasteiger partial charge in [-0.15, -0.1) is 0 Å². The summed E-state index contributed by atoms with van der Waals surface area (Å²) < 4.78 is 3.04. The van der Waals surface area contributed by atoms with Gasteiger partial charge < -0.3 is 0 Å². The first-order chi connectivity index (χ1) is 9.37. The van der Waals surface area contributed by atoms with Gasteiger partial charge in [0.15, 0.2) is 0 Å². The zero-order valence-corrected chi connectivity index (χ0v) is 21.5. The molecule has 3 heteroatoms. The average Bonchev–Trinajstić information content (AvgIpc) is 2.24. The molecule has 21 heavy (non-hydrogen) atoms. The van der Waals surface area contributed by atoms with Crippen molar-refractivity contribution in [1.29, 1.82) is 0 Å². The number of para-hydroxylation sites is 1. The number of rotatable bonds is 5. The summed E-state index contributed by atoms with van der Waals surface area (Å²) in [6.45, 7) is 9.38. The van der Waals surface area contributed by atoms with E-state index in [1.807, 2.05) is 0 Å². The Balaban J connectivity index is 3.71. The second-order valence-corrected chi connectivity index (χ2v) is 39.8. The van der Waals surface area contributed by atoms with Gasteiger partial charge in [0, 0.05) is 0 Å². The predicted molar refractivity (Wildman–Crippen MR) is 104 cm³/mol. The normalized spacial score (nSPS) is 13.1. The molecule has 0 aromatic heterocycles. The van der Waals surface area contributed by atoms with E-state index in [4.69, 9.17) is 0 Å². The molecule has 0 amide bonds. The van der Waals surface area contributed by atoms with Gasteiger partial charge in [0.25, 0.3) is 0 Å². The molecular weight excluding hydrogens is 468 g/mol. The van der Waals surface area contributed by atoms with Crippen molar-refractivity contribution in [2.75, 3.05) is 1.34 Å². The van der Waals surface area contributed by atoms with Crippen LogP contribution in [-0.2, 0) is 0 Å². The van der Waals surface area contributed by atoms with Crippen LogP contribution in [-0.4, -0.2) is 37.3 Å². The molecule has 0 fully saturated rings. The third-order valence-corrected chi connectivity index (χ3v) is 38.5. The monoisotopic (exact) mass is 505 g/mol. The Bertz CT molecular complexity index is 439. The molecular formula is C18H35NSn2. The van der Waals surface area contributed by atoms with Crippen molar-refractivity contribution >= 4 is 43.0 Å². The summed E-state index contributed by atoms with van der Waals surface area (Å²) in [5, 5.41) is 0. The van der Waals surface area contributed by atoms with Gasteiger partial charge in [-0.2, -0.15) is 0 Å². The van der Waals surface area contributed by atoms with E-state index >= 15 is 0 Å². The van der Waals surface area contributed by atoms with E-state index in [0.717, 1.165) is 0 Å². The fourth-order valence-electron chi connectivity index (χ4n) is 3.45. The molecule has 1 aromatic carbocycles. The molecule has 1 aromatic rings. The number of nitrogens with zero attached hydrogens (tertiary/aromatic N) is 1. The van der Waals surface area contributed by atoms with Crippen LogP contribution in [0.2, 0.25) is 29.6 Å². The quantitative estimate of drug-likeness (QED) is 0.421. The second-order valence-electron chi connectivity index (χ2n) is 8.77. The Hall–Kier alpha value is 0.617. The fourth-order valence-corrected chi connectivity index (χ4v) is 53.0. The van der Waals surface area contributed by atoms with Crippen LogP contribution in [0.25, 0.3) is 0 Å². The molecule has 0 aliphatic heterocycles. The van der Waals surface area contributed by atoms with Crippen LogP contribution in [0.4, 0.5) is 5.69 Å². The summed E-state index contributed by atoms with van der Waals surface area (Å²) in [5.74, 6) is 1.20. The molecule has 0 unspecified atom stereocenters. The minimum atomic E-state index is -2.20. The molecule has 0 radical (unpaired) electrons. The van der Waals surface area contributed by atoms with Crippen molar-refractivity contribution in [3.8, 4) is 0 Å². The van der Waals surface area contributed by atoms with Crippen molar-refractivity contribution in [3.05, 3.63) is 29.3 Å². The van der Waals surface area contributed by atoms with Gasteiger partial charge in [0.05, 0.1) is 0 Å². The van der Waals surface area contributed by atoms with E-state index in [0.29, 0.717) is 11.8 Å². The molecule has 0 N–H and O–H groups in total. The first-order valence-electron chi connectivity index (χ1n) is 8.30. The van der Waals surface area contributed by atoms with Crippen LogP contribution in [0.1, 0.15) is 50.7 Å². The van der Waals surface area contributed by atoms with Gasteiger partial charge in [-0.25, -0.2) is 0 Å². The Labute approximate surface area is 142 Å². The molecule has 0 saturated carbocycles. The zero-order valence-electron chi connectivity index (χ0n) is 15.8. The van der Waals surface area contributed by atoms with Gasteiger partial charge in [-0.3, -0.25) is 0 Å². The van der Waals surface area contributed by atoms with E-state index in [2.05, 4.69) is 76.9 Å². The first-order valence-corrected chi connectivity index (χ1v) is 28.0. The van der Waals surface area contributed by atoms with Crippen LogP contribution in [0.15, 0.2) is 18.2 Å². The Morgan fingerprint density at radius 3 is 1.29 bits per heavy atom. The number of hydrogen-bond donors (Lipinski definition) is 0. The Morgan fingerprint density at radius 2 is 1.05 bits per heavy atom. The number of benzene rings is 1. The molecule has 120 valence electrons. The van der Waals surface area contributed by atoms with Crippen molar-refractivity contribution < 1.29 is 0 Å². The average molecular weight is 503 g/mol. The number of hydrogen-bond acceptors (Lipinski definition) is 1. The Morgan fingerprint density at radius 1 is 0.714 bits per heavy atom. The molecule has 0 heterocycles. The molecule has 0 aliphatic carbocycles. The van der Waals surface area contributed by atoms with Crippen LogP contribution in [0.5, 0.6) is 0 Å². The molecule has 0 atom stereocenters. The van der Waals surface area contributed by atoms with Crippen molar-refractivity contribution in [3.63, 3.8) is 0 Å². The van der Waals surface area contributed by atoms with Crippen LogP contribution in [0.3, 0.4) is 0 Å². The first kappa shape index (κ1) is 19.7. The van der Waals surface area contributed by atoms with Crippen molar-refractivity contribution in [2.24, 2.45) is 0 Å². The van der Waals surface area contributed by atoms with Gasteiger partial charge in [-0.05, 0) is 0 Å². The van der Waals surface area contributed by atoms with Crippen LogP contribution < -0.4 is 1.34 Å². The van der Waals surface area contributed by atoms with Gasteiger partial charge >= 0.3 is 143 Å². The SMILES string of the molecule is CC(C)c1cccc(C(C)C)c1[N]([Sn]([CH3])([CH3])[CH3])[Sn]([CH3])([CH3])[CH3]. The number of anilines is 1. The Kier molecular flexibility index (Phi) is 6.57. The summed E-state index contributed by atoms with van der Waals surface area (Å²) in [6.07, 6.45) is 0. The van der Waals surface area contributed by atoms with E-state index < -0.39 is 37.3 Å². The molecule has 0 aliphatic rings. The molecule has 0 saturated heterocycles.